The Kier molecular flexibility index (Phi) is 4.81. The summed E-state index contributed by atoms with van der Waals surface area (Å²) in [4.78, 5) is 12.4. The van der Waals surface area contributed by atoms with Crippen molar-refractivity contribution in [3.63, 3.8) is 0 Å². The zero-order valence-electron chi connectivity index (χ0n) is 10.9. The summed E-state index contributed by atoms with van der Waals surface area (Å²) in [5, 5.41) is 0. The fourth-order valence-electron chi connectivity index (χ4n) is 1.79. The van der Waals surface area contributed by atoms with Crippen molar-refractivity contribution in [2.75, 3.05) is 11.6 Å². The third-order valence-electron chi connectivity index (χ3n) is 2.79. The highest BCUT2D eigenvalue weighted by Gasteiger charge is 2.12. The SMILES string of the molecule is Nc1ccc(C#CCCCl)cc1C(=O)c1ccccc1. The van der Waals surface area contributed by atoms with Crippen LogP contribution in [0.5, 0.6) is 0 Å². The van der Waals surface area contributed by atoms with E-state index in [0.717, 1.165) is 5.56 Å². The lowest BCUT2D eigenvalue weighted by atomic mass is 10.00. The highest BCUT2D eigenvalue weighted by atomic mass is 35.5. The second-order valence-electron chi connectivity index (χ2n) is 4.24. The third-order valence-corrected chi connectivity index (χ3v) is 2.98. The first-order chi connectivity index (χ1) is 9.72. The highest BCUT2D eigenvalue weighted by molar-refractivity contribution is 6.18. The molecule has 0 unspecified atom stereocenters. The van der Waals surface area contributed by atoms with E-state index in [2.05, 4.69) is 11.8 Å². The average molecular weight is 284 g/mol. The van der Waals surface area contributed by atoms with E-state index in [1.54, 1.807) is 30.3 Å². The molecule has 2 N–H and O–H groups in total. The Balaban J connectivity index is 2.35. The van der Waals surface area contributed by atoms with Crippen LogP contribution in [-0.4, -0.2) is 11.7 Å². The Hall–Kier alpha value is -2.24. The summed E-state index contributed by atoms with van der Waals surface area (Å²) in [5.74, 6) is 6.32. The van der Waals surface area contributed by atoms with Gasteiger partial charge in [0.25, 0.3) is 0 Å². The normalized spacial score (nSPS) is 9.65. The van der Waals surface area contributed by atoms with Crippen molar-refractivity contribution in [1.82, 2.24) is 0 Å². The van der Waals surface area contributed by atoms with Crippen LogP contribution in [0.2, 0.25) is 0 Å². The van der Waals surface area contributed by atoms with Gasteiger partial charge in [0.05, 0.1) is 0 Å². The Morgan fingerprint density at radius 3 is 2.60 bits per heavy atom. The van der Waals surface area contributed by atoms with Crippen molar-refractivity contribution in [2.24, 2.45) is 0 Å². The molecule has 0 aliphatic carbocycles. The van der Waals surface area contributed by atoms with Crippen LogP contribution in [0.25, 0.3) is 0 Å². The first-order valence-corrected chi connectivity index (χ1v) is 6.80. The lowest BCUT2D eigenvalue weighted by Crippen LogP contribution is -2.05. The lowest BCUT2D eigenvalue weighted by molar-refractivity contribution is 0.103. The lowest BCUT2D eigenvalue weighted by Gasteiger charge is -2.05. The van der Waals surface area contributed by atoms with Gasteiger partial charge in [-0.25, -0.2) is 0 Å². The van der Waals surface area contributed by atoms with Crippen molar-refractivity contribution >= 4 is 23.1 Å². The van der Waals surface area contributed by atoms with Crippen molar-refractivity contribution < 1.29 is 4.79 Å². The van der Waals surface area contributed by atoms with Crippen LogP contribution in [0.3, 0.4) is 0 Å². The molecule has 0 spiro atoms. The number of benzene rings is 2. The number of carbonyl (C=O) groups is 1. The smallest absolute Gasteiger partial charge is 0.195 e. The number of carbonyl (C=O) groups excluding carboxylic acids is 1. The van der Waals surface area contributed by atoms with Gasteiger partial charge in [-0.15, -0.1) is 11.6 Å². The van der Waals surface area contributed by atoms with Gasteiger partial charge in [0.15, 0.2) is 5.78 Å². The van der Waals surface area contributed by atoms with Crippen LogP contribution in [-0.2, 0) is 0 Å². The van der Waals surface area contributed by atoms with Crippen molar-refractivity contribution in [3.8, 4) is 11.8 Å². The minimum atomic E-state index is -0.0934. The maximum atomic E-state index is 12.4. The first kappa shape index (κ1) is 14.2. The van der Waals surface area contributed by atoms with Crippen LogP contribution in [0.4, 0.5) is 5.69 Å². The molecule has 0 saturated heterocycles. The van der Waals surface area contributed by atoms with Gasteiger partial charge in [-0.1, -0.05) is 42.2 Å². The topological polar surface area (TPSA) is 43.1 Å². The predicted molar refractivity (Wildman–Crippen MR) is 82.9 cm³/mol. The van der Waals surface area contributed by atoms with E-state index in [0.29, 0.717) is 29.1 Å². The summed E-state index contributed by atoms with van der Waals surface area (Å²) in [6.45, 7) is 0. The monoisotopic (exact) mass is 283 g/mol. The fourth-order valence-corrected chi connectivity index (χ4v) is 1.88. The van der Waals surface area contributed by atoms with Gasteiger partial charge in [0.2, 0.25) is 0 Å². The number of ketones is 1. The molecule has 0 fully saturated rings. The molecule has 0 aliphatic rings. The number of halogens is 1. The van der Waals surface area contributed by atoms with Gasteiger partial charge >= 0.3 is 0 Å². The van der Waals surface area contributed by atoms with Gasteiger partial charge in [-0.05, 0) is 18.2 Å². The standard InChI is InChI=1S/C17H14ClNO/c18-11-5-4-6-13-9-10-16(19)15(12-13)17(20)14-7-2-1-3-8-14/h1-3,7-10,12H,5,11,19H2. The molecule has 0 aromatic heterocycles. The molecular formula is C17H14ClNO. The number of rotatable bonds is 3. The second kappa shape index (κ2) is 6.79. The van der Waals surface area contributed by atoms with E-state index in [1.165, 1.54) is 0 Å². The fraction of sp³-hybridized carbons (Fsp3) is 0.118. The highest BCUT2D eigenvalue weighted by Crippen LogP contribution is 2.18. The van der Waals surface area contributed by atoms with E-state index < -0.39 is 0 Å². The molecule has 2 rings (SSSR count). The molecule has 2 aromatic rings. The summed E-state index contributed by atoms with van der Waals surface area (Å²) in [6.07, 6.45) is 0.619. The number of alkyl halides is 1. The number of nitrogens with two attached hydrogens (primary N) is 1. The van der Waals surface area contributed by atoms with Gasteiger partial charge < -0.3 is 5.73 Å². The maximum absolute atomic E-state index is 12.4. The molecule has 20 heavy (non-hydrogen) atoms. The summed E-state index contributed by atoms with van der Waals surface area (Å²) in [6, 6.07) is 14.3. The van der Waals surface area contributed by atoms with E-state index in [1.807, 2.05) is 18.2 Å². The molecule has 0 atom stereocenters. The first-order valence-electron chi connectivity index (χ1n) is 6.26. The number of hydrogen-bond acceptors (Lipinski definition) is 2. The maximum Gasteiger partial charge on any atom is 0.195 e. The Bertz CT molecular complexity index is 668. The van der Waals surface area contributed by atoms with Crippen molar-refractivity contribution in [2.45, 2.75) is 6.42 Å². The summed E-state index contributed by atoms with van der Waals surface area (Å²) >= 11 is 5.58. The van der Waals surface area contributed by atoms with E-state index >= 15 is 0 Å². The van der Waals surface area contributed by atoms with Crippen LogP contribution >= 0.6 is 11.6 Å². The molecule has 2 nitrogen and oxygen atoms in total. The molecule has 0 heterocycles. The Labute approximate surface area is 123 Å². The van der Waals surface area contributed by atoms with Crippen molar-refractivity contribution in [3.05, 3.63) is 65.2 Å². The van der Waals surface area contributed by atoms with E-state index in [9.17, 15) is 4.79 Å². The average Bonchev–Trinajstić information content (AvgIpc) is 2.49. The van der Waals surface area contributed by atoms with Gasteiger partial charge in [0.1, 0.15) is 0 Å². The number of hydrogen-bond donors (Lipinski definition) is 1. The number of nitrogen functional groups attached to an aromatic ring is 1. The molecule has 0 aliphatic heterocycles. The van der Waals surface area contributed by atoms with Gasteiger partial charge in [0, 0.05) is 34.7 Å². The quantitative estimate of drug-likeness (QED) is 0.406. The summed E-state index contributed by atoms with van der Waals surface area (Å²) in [7, 11) is 0. The molecular weight excluding hydrogens is 270 g/mol. The molecule has 2 aromatic carbocycles. The van der Waals surface area contributed by atoms with Gasteiger partial charge in [-0.3, -0.25) is 4.79 Å². The van der Waals surface area contributed by atoms with Crippen molar-refractivity contribution in [1.29, 1.82) is 0 Å². The third kappa shape index (κ3) is 3.40. The summed E-state index contributed by atoms with van der Waals surface area (Å²) in [5.41, 5.74) is 8.22. The number of anilines is 1. The molecule has 3 heteroatoms. The molecule has 0 radical (unpaired) electrons. The van der Waals surface area contributed by atoms with Gasteiger partial charge in [-0.2, -0.15) is 0 Å². The molecule has 0 bridgehead atoms. The van der Waals surface area contributed by atoms with Crippen LogP contribution in [0.15, 0.2) is 48.5 Å². The molecule has 0 amide bonds. The Morgan fingerprint density at radius 1 is 1.15 bits per heavy atom. The largest absolute Gasteiger partial charge is 0.398 e. The van der Waals surface area contributed by atoms with Crippen LogP contribution in [0.1, 0.15) is 27.9 Å². The van der Waals surface area contributed by atoms with Crippen LogP contribution < -0.4 is 5.73 Å². The molecule has 100 valence electrons. The van der Waals surface area contributed by atoms with Crippen LogP contribution in [0, 0.1) is 11.8 Å². The zero-order chi connectivity index (χ0) is 14.4. The minimum Gasteiger partial charge on any atom is -0.398 e. The minimum absolute atomic E-state index is 0.0934. The predicted octanol–water partition coefficient (Wildman–Crippen LogP) is 3.48. The zero-order valence-corrected chi connectivity index (χ0v) is 11.7. The molecule has 0 saturated carbocycles. The second-order valence-corrected chi connectivity index (χ2v) is 4.62. The van der Waals surface area contributed by atoms with E-state index in [-0.39, 0.29) is 5.78 Å². The van der Waals surface area contributed by atoms with E-state index in [4.69, 9.17) is 17.3 Å². The Morgan fingerprint density at radius 2 is 1.90 bits per heavy atom. The summed E-state index contributed by atoms with van der Waals surface area (Å²) < 4.78 is 0.